The fraction of sp³-hybridized carbons (Fsp3) is 0.455. The first-order chi connectivity index (χ1) is 7.02. The van der Waals surface area contributed by atoms with Crippen LogP contribution in [0.4, 0.5) is 0 Å². The van der Waals surface area contributed by atoms with E-state index in [1.54, 1.807) is 14.1 Å². The summed E-state index contributed by atoms with van der Waals surface area (Å²) < 4.78 is 0. The van der Waals surface area contributed by atoms with E-state index in [1.165, 1.54) is 9.80 Å². The maximum atomic E-state index is 11.3. The Balaban J connectivity index is 4.13. The first-order valence-corrected chi connectivity index (χ1v) is 4.37. The van der Waals surface area contributed by atoms with Crippen molar-refractivity contribution in [3.63, 3.8) is 0 Å². The minimum absolute atomic E-state index is 0.0354. The molecule has 0 aliphatic heterocycles. The average molecular weight is 206 g/mol. The Bertz CT molecular complexity index is 290. The Labute approximate surface area is 90.2 Å². The van der Waals surface area contributed by atoms with Crippen molar-refractivity contribution in [1.82, 2.24) is 9.80 Å². The monoisotopic (exact) mass is 206 g/mol. The molecule has 0 aromatic carbocycles. The zero-order valence-electron chi connectivity index (χ0n) is 8.99. The van der Waals surface area contributed by atoms with E-state index in [1.807, 2.05) is 0 Å². The first-order valence-electron chi connectivity index (χ1n) is 4.37. The lowest BCUT2D eigenvalue weighted by molar-refractivity contribution is -0.136. The first kappa shape index (κ1) is 13.1. The number of hydrogen-bond acceptors (Lipinski definition) is 2. The highest BCUT2D eigenvalue weighted by atomic mass is 16.2. The molecule has 0 radical (unpaired) electrons. The van der Waals surface area contributed by atoms with Gasteiger partial charge in [-0.3, -0.25) is 9.59 Å². The Morgan fingerprint density at radius 1 is 1.00 bits per heavy atom. The SMILES string of the molecule is C#CCC(=O)N(C)CN(C)C(=O)CC#C. The van der Waals surface area contributed by atoms with E-state index < -0.39 is 0 Å². The van der Waals surface area contributed by atoms with Crippen LogP contribution in [-0.4, -0.2) is 42.4 Å². The summed E-state index contributed by atoms with van der Waals surface area (Å²) in [5.74, 6) is 4.11. The summed E-state index contributed by atoms with van der Waals surface area (Å²) in [6, 6.07) is 0. The van der Waals surface area contributed by atoms with Crippen LogP contribution in [0.1, 0.15) is 12.8 Å². The van der Waals surface area contributed by atoms with Crippen molar-refractivity contribution >= 4 is 11.8 Å². The normalized spacial score (nSPS) is 8.53. The molecule has 4 heteroatoms. The third kappa shape index (κ3) is 4.73. The summed E-state index contributed by atoms with van der Waals surface area (Å²) in [7, 11) is 3.17. The van der Waals surface area contributed by atoms with Gasteiger partial charge in [0.2, 0.25) is 11.8 Å². The minimum atomic E-state index is -0.196. The van der Waals surface area contributed by atoms with Gasteiger partial charge in [0, 0.05) is 14.1 Å². The molecule has 0 heterocycles. The molecule has 2 amide bonds. The lowest BCUT2D eigenvalue weighted by atomic mass is 10.4. The molecule has 0 N–H and O–H groups in total. The molecule has 0 rings (SSSR count). The Hall–Kier alpha value is -1.94. The largest absolute Gasteiger partial charge is 0.327 e. The number of rotatable bonds is 4. The molecule has 0 aliphatic carbocycles. The van der Waals surface area contributed by atoms with Crippen LogP contribution in [0.25, 0.3) is 0 Å². The summed E-state index contributed by atoms with van der Waals surface area (Å²) in [5, 5.41) is 0. The van der Waals surface area contributed by atoms with Crippen LogP contribution in [-0.2, 0) is 9.59 Å². The number of nitrogens with zero attached hydrogens (tertiary/aromatic N) is 2. The third-order valence-electron chi connectivity index (χ3n) is 1.78. The standard InChI is InChI=1S/C11H14N2O2/c1-5-7-10(14)12(3)9-13(4)11(15)8-6-2/h1-2H,7-9H2,3-4H3. The number of terminal acetylenes is 2. The molecule has 0 saturated heterocycles. The predicted molar refractivity (Wildman–Crippen MR) is 57.3 cm³/mol. The molecule has 0 atom stereocenters. The summed E-state index contributed by atoms with van der Waals surface area (Å²) >= 11 is 0. The van der Waals surface area contributed by atoms with Gasteiger partial charge < -0.3 is 9.80 Å². The zero-order chi connectivity index (χ0) is 11.8. The van der Waals surface area contributed by atoms with E-state index in [-0.39, 0.29) is 31.3 Å². The molecular weight excluding hydrogens is 192 g/mol. The number of carbonyl (C=O) groups excluding carboxylic acids is 2. The molecule has 0 aromatic rings. The second-order valence-electron chi connectivity index (χ2n) is 3.09. The Kier molecular flexibility index (Phi) is 5.66. The van der Waals surface area contributed by atoms with Gasteiger partial charge in [-0.15, -0.1) is 12.8 Å². The van der Waals surface area contributed by atoms with Crippen LogP contribution in [0, 0.1) is 24.7 Å². The zero-order valence-corrected chi connectivity index (χ0v) is 8.99. The van der Waals surface area contributed by atoms with E-state index in [9.17, 15) is 9.59 Å². The van der Waals surface area contributed by atoms with Gasteiger partial charge in [-0.2, -0.15) is 0 Å². The van der Waals surface area contributed by atoms with Crippen LogP contribution in [0.2, 0.25) is 0 Å². The smallest absolute Gasteiger partial charge is 0.235 e. The van der Waals surface area contributed by atoms with Gasteiger partial charge in [0.25, 0.3) is 0 Å². The lowest BCUT2D eigenvalue weighted by Crippen LogP contribution is -2.39. The molecule has 4 nitrogen and oxygen atoms in total. The Morgan fingerprint density at radius 2 is 1.33 bits per heavy atom. The minimum Gasteiger partial charge on any atom is -0.327 e. The fourth-order valence-electron chi connectivity index (χ4n) is 0.920. The van der Waals surface area contributed by atoms with Crippen molar-refractivity contribution in [3.05, 3.63) is 0 Å². The average Bonchev–Trinajstić information content (AvgIpc) is 2.18. The highest BCUT2D eigenvalue weighted by Crippen LogP contribution is 1.95. The third-order valence-corrected chi connectivity index (χ3v) is 1.78. The molecule has 0 aliphatic rings. The van der Waals surface area contributed by atoms with Crippen molar-refractivity contribution in [2.75, 3.05) is 20.8 Å². The summed E-state index contributed by atoms with van der Waals surface area (Å²) in [4.78, 5) is 25.3. The lowest BCUT2D eigenvalue weighted by Gasteiger charge is -2.23. The number of amides is 2. The molecule has 0 saturated carbocycles. The van der Waals surface area contributed by atoms with Crippen molar-refractivity contribution in [1.29, 1.82) is 0 Å². The number of carbonyl (C=O) groups is 2. The van der Waals surface area contributed by atoms with E-state index in [0.29, 0.717) is 0 Å². The molecule has 0 fully saturated rings. The molecular formula is C11H14N2O2. The van der Waals surface area contributed by atoms with Crippen molar-refractivity contribution in [3.8, 4) is 24.7 Å². The maximum absolute atomic E-state index is 11.3. The Morgan fingerprint density at radius 3 is 1.60 bits per heavy atom. The van der Waals surface area contributed by atoms with Crippen LogP contribution < -0.4 is 0 Å². The van der Waals surface area contributed by atoms with E-state index >= 15 is 0 Å². The van der Waals surface area contributed by atoms with E-state index in [4.69, 9.17) is 12.8 Å². The molecule has 0 aromatic heterocycles. The quantitative estimate of drug-likeness (QED) is 0.476. The van der Waals surface area contributed by atoms with Crippen LogP contribution in [0.15, 0.2) is 0 Å². The van der Waals surface area contributed by atoms with Crippen molar-refractivity contribution < 1.29 is 9.59 Å². The fourth-order valence-corrected chi connectivity index (χ4v) is 0.920. The molecule has 0 bridgehead atoms. The summed E-state index contributed by atoms with van der Waals surface area (Å²) in [6.07, 6.45) is 10.1. The predicted octanol–water partition coefficient (Wildman–Crippen LogP) is -0.0927. The maximum Gasteiger partial charge on any atom is 0.235 e. The van der Waals surface area contributed by atoms with Gasteiger partial charge >= 0.3 is 0 Å². The highest BCUT2D eigenvalue weighted by molar-refractivity contribution is 5.80. The van der Waals surface area contributed by atoms with E-state index in [0.717, 1.165) is 0 Å². The highest BCUT2D eigenvalue weighted by Gasteiger charge is 2.12. The van der Waals surface area contributed by atoms with Gasteiger partial charge in [-0.25, -0.2) is 0 Å². The second-order valence-corrected chi connectivity index (χ2v) is 3.09. The van der Waals surface area contributed by atoms with Gasteiger partial charge in [0.15, 0.2) is 0 Å². The molecule has 15 heavy (non-hydrogen) atoms. The van der Waals surface area contributed by atoms with Crippen molar-refractivity contribution in [2.45, 2.75) is 12.8 Å². The topological polar surface area (TPSA) is 40.6 Å². The molecule has 0 unspecified atom stereocenters. The second kappa shape index (κ2) is 6.50. The van der Waals surface area contributed by atoms with Gasteiger partial charge in [0.05, 0.1) is 19.5 Å². The number of hydrogen-bond donors (Lipinski definition) is 0. The van der Waals surface area contributed by atoms with Crippen LogP contribution in [0.5, 0.6) is 0 Å². The van der Waals surface area contributed by atoms with Crippen LogP contribution in [0.3, 0.4) is 0 Å². The molecule has 80 valence electrons. The van der Waals surface area contributed by atoms with Gasteiger partial charge in [0.1, 0.15) is 0 Å². The van der Waals surface area contributed by atoms with Crippen molar-refractivity contribution in [2.24, 2.45) is 0 Å². The summed E-state index contributed by atoms with van der Waals surface area (Å²) in [6.45, 7) is 0.195. The molecule has 0 spiro atoms. The summed E-state index contributed by atoms with van der Waals surface area (Å²) in [5.41, 5.74) is 0. The van der Waals surface area contributed by atoms with Crippen LogP contribution >= 0.6 is 0 Å². The van der Waals surface area contributed by atoms with Gasteiger partial charge in [-0.05, 0) is 0 Å². The van der Waals surface area contributed by atoms with Gasteiger partial charge in [-0.1, -0.05) is 11.8 Å². The van der Waals surface area contributed by atoms with E-state index in [2.05, 4.69) is 11.8 Å².